The van der Waals surface area contributed by atoms with Gasteiger partial charge >= 0.3 is 5.97 Å². The average molecular weight is 271 g/mol. The van der Waals surface area contributed by atoms with Crippen molar-refractivity contribution in [3.8, 4) is 0 Å². The van der Waals surface area contributed by atoms with Gasteiger partial charge in [0.1, 0.15) is 0 Å². The van der Waals surface area contributed by atoms with Crippen LogP contribution in [-0.2, 0) is 13.0 Å². The normalized spacial score (nSPS) is 10.9. The third kappa shape index (κ3) is 2.27. The van der Waals surface area contributed by atoms with E-state index in [2.05, 4.69) is 16.8 Å². The Morgan fingerprint density at radius 2 is 2.11 bits per heavy atom. The summed E-state index contributed by atoms with van der Waals surface area (Å²) in [7, 11) is 0. The summed E-state index contributed by atoms with van der Waals surface area (Å²) < 4.78 is 2.02. The largest absolute Gasteiger partial charge is 0.478 e. The number of rotatable bonds is 4. The van der Waals surface area contributed by atoms with Gasteiger partial charge in [0, 0.05) is 23.6 Å². The van der Waals surface area contributed by atoms with Crippen LogP contribution >= 0.6 is 11.3 Å². The van der Waals surface area contributed by atoms with Crippen LogP contribution in [0, 0.1) is 0 Å². The van der Waals surface area contributed by atoms with E-state index in [1.165, 1.54) is 5.56 Å². The lowest BCUT2D eigenvalue weighted by Gasteiger charge is -2.03. The number of para-hydroxylation sites is 1. The minimum Gasteiger partial charge on any atom is -0.478 e. The quantitative estimate of drug-likeness (QED) is 0.787. The van der Waals surface area contributed by atoms with Crippen molar-refractivity contribution in [1.82, 2.24) is 4.57 Å². The predicted octanol–water partition coefficient (Wildman–Crippen LogP) is 3.64. The van der Waals surface area contributed by atoms with E-state index in [1.54, 1.807) is 17.5 Å². The van der Waals surface area contributed by atoms with Crippen molar-refractivity contribution in [3.63, 3.8) is 0 Å². The Hall–Kier alpha value is -2.07. The van der Waals surface area contributed by atoms with Gasteiger partial charge in [0.25, 0.3) is 0 Å². The van der Waals surface area contributed by atoms with Gasteiger partial charge in [-0.15, -0.1) is 0 Å². The fourth-order valence-electron chi connectivity index (χ4n) is 2.29. The molecular formula is C15H13NO2S. The Balaban J connectivity index is 1.97. The first kappa shape index (κ1) is 12.0. The number of carboxylic acids is 1. The second-order valence-electron chi connectivity index (χ2n) is 4.44. The Morgan fingerprint density at radius 3 is 2.84 bits per heavy atom. The van der Waals surface area contributed by atoms with E-state index in [1.807, 2.05) is 28.8 Å². The maximum atomic E-state index is 11.2. The predicted molar refractivity (Wildman–Crippen MR) is 76.9 cm³/mol. The summed E-state index contributed by atoms with van der Waals surface area (Å²) in [5.41, 5.74) is 2.65. The molecule has 19 heavy (non-hydrogen) atoms. The van der Waals surface area contributed by atoms with E-state index in [9.17, 15) is 9.90 Å². The molecule has 0 saturated carbocycles. The number of benzene rings is 1. The Bertz CT molecular complexity index is 713. The van der Waals surface area contributed by atoms with Gasteiger partial charge in [0.2, 0.25) is 0 Å². The van der Waals surface area contributed by atoms with Gasteiger partial charge in [0.05, 0.1) is 5.56 Å². The molecule has 0 aliphatic heterocycles. The zero-order chi connectivity index (χ0) is 13.2. The molecule has 1 aromatic carbocycles. The fourth-order valence-corrected chi connectivity index (χ4v) is 2.99. The summed E-state index contributed by atoms with van der Waals surface area (Å²) in [4.78, 5) is 11.2. The second kappa shape index (κ2) is 4.90. The number of aromatic nitrogens is 1. The van der Waals surface area contributed by atoms with Crippen LogP contribution in [-0.4, -0.2) is 15.6 Å². The SMILES string of the molecule is O=C(O)c1cn(CCc2ccsc2)c2ccccc12. The van der Waals surface area contributed by atoms with Gasteiger partial charge in [-0.25, -0.2) is 4.79 Å². The van der Waals surface area contributed by atoms with Gasteiger partial charge in [-0.3, -0.25) is 0 Å². The average Bonchev–Trinajstić information content (AvgIpc) is 3.04. The highest BCUT2D eigenvalue weighted by Crippen LogP contribution is 2.22. The van der Waals surface area contributed by atoms with Crippen LogP contribution in [0.3, 0.4) is 0 Å². The lowest BCUT2D eigenvalue weighted by molar-refractivity contribution is 0.0699. The molecule has 0 unspecified atom stereocenters. The van der Waals surface area contributed by atoms with E-state index in [0.29, 0.717) is 5.56 Å². The van der Waals surface area contributed by atoms with Crippen LogP contribution in [0.2, 0.25) is 0 Å². The van der Waals surface area contributed by atoms with E-state index in [4.69, 9.17) is 0 Å². The van der Waals surface area contributed by atoms with Crippen LogP contribution in [0.25, 0.3) is 10.9 Å². The summed E-state index contributed by atoms with van der Waals surface area (Å²) in [5.74, 6) is -0.870. The molecule has 4 heteroatoms. The first-order valence-electron chi connectivity index (χ1n) is 6.08. The third-order valence-electron chi connectivity index (χ3n) is 3.24. The smallest absolute Gasteiger partial charge is 0.337 e. The van der Waals surface area contributed by atoms with Gasteiger partial charge in [-0.1, -0.05) is 18.2 Å². The van der Waals surface area contributed by atoms with Crippen molar-refractivity contribution in [2.75, 3.05) is 0 Å². The molecule has 0 spiro atoms. The van der Waals surface area contributed by atoms with Crippen LogP contribution in [0.5, 0.6) is 0 Å². The number of thiophene rings is 1. The van der Waals surface area contributed by atoms with Crippen molar-refractivity contribution >= 4 is 28.2 Å². The lowest BCUT2D eigenvalue weighted by Crippen LogP contribution is -1.99. The van der Waals surface area contributed by atoms with E-state index in [-0.39, 0.29) is 0 Å². The Morgan fingerprint density at radius 1 is 1.26 bits per heavy atom. The van der Waals surface area contributed by atoms with Gasteiger partial charge in [-0.2, -0.15) is 11.3 Å². The summed E-state index contributed by atoms with van der Waals surface area (Å²) in [6.45, 7) is 0.796. The summed E-state index contributed by atoms with van der Waals surface area (Å²) in [5, 5.41) is 14.2. The van der Waals surface area contributed by atoms with Crippen molar-refractivity contribution in [2.24, 2.45) is 0 Å². The van der Waals surface area contributed by atoms with Crippen LogP contribution in [0.4, 0.5) is 0 Å². The number of carboxylic acid groups (broad SMARTS) is 1. The molecule has 0 aliphatic rings. The maximum Gasteiger partial charge on any atom is 0.337 e. The number of hydrogen-bond acceptors (Lipinski definition) is 2. The maximum absolute atomic E-state index is 11.2. The molecule has 0 atom stereocenters. The Kier molecular flexibility index (Phi) is 3.09. The molecule has 0 radical (unpaired) electrons. The molecule has 0 saturated heterocycles. The number of nitrogens with zero attached hydrogens (tertiary/aromatic N) is 1. The molecular weight excluding hydrogens is 258 g/mol. The Labute approximate surface area is 114 Å². The van der Waals surface area contributed by atoms with E-state index < -0.39 is 5.97 Å². The van der Waals surface area contributed by atoms with Crippen molar-refractivity contribution in [3.05, 3.63) is 58.4 Å². The van der Waals surface area contributed by atoms with Crippen molar-refractivity contribution in [2.45, 2.75) is 13.0 Å². The third-order valence-corrected chi connectivity index (χ3v) is 3.97. The molecule has 3 nitrogen and oxygen atoms in total. The standard InChI is InChI=1S/C15H13NO2S/c17-15(18)13-9-16(7-5-11-6-8-19-10-11)14-4-2-1-3-12(13)14/h1-4,6,8-10H,5,7H2,(H,17,18). The molecule has 0 aliphatic carbocycles. The minimum atomic E-state index is -0.870. The van der Waals surface area contributed by atoms with Crippen LogP contribution in [0.1, 0.15) is 15.9 Å². The topological polar surface area (TPSA) is 42.2 Å². The molecule has 2 aromatic heterocycles. The van der Waals surface area contributed by atoms with E-state index in [0.717, 1.165) is 23.9 Å². The molecule has 3 aromatic rings. The van der Waals surface area contributed by atoms with Crippen molar-refractivity contribution in [1.29, 1.82) is 0 Å². The van der Waals surface area contributed by atoms with Crippen molar-refractivity contribution < 1.29 is 9.90 Å². The second-order valence-corrected chi connectivity index (χ2v) is 5.22. The van der Waals surface area contributed by atoms with E-state index >= 15 is 0 Å². The number of fused-ring (bicyclic) bond motifs is 1. The van der Waals surface area contributed by atoms with Gasteiger partial charge in [-0.05, 0) is 34.9 Å². The molecule has 2 heterocycles. The number of aryl methyl sites for hydroxylation is 2. The first-order chi connectivity index (χ1) is 9.25. The highest BCUT2D eigenvalue weighted by Gasteiger charge is 2.13. The zero-order valence-corrected chi connectivity index (χ0v) is 11.1. The van der Waals surface area contributed by atoms with Crippen LogP contribution in [0.15, 0.2) is 47.3 Å². The van der Waals surface area contributed by atoms with Gasteiger partial charge in [0.15, 0.2) is 0 Å². The monoisotopic (exact) mass is 271 g/mol. The molecule has 0 bridgehead atoms. The zero-order valence-electron chi connectivity index (χ0n) is 10.2. The molecule has 1 N–H and O–H groups in total. The lowest BCUT2D eigenvalue weighted by atomic mass is 10.2. The molecule has 0 amide bonds. The molecule has 3 rings (SSSR count). The summed E-state index contributed by atoms with van der Waals surface area (Å²) in [6, 6.07) is 9.75. The highest BCUT2D eigenvalue weighted by atomic mass is 32.1. The minimum absolute atomic E-state index is 0.376. The summed E-state index contributed by atoms with van der Waals surface area (Å²) in [6.07, 6.45) is 2.65. The molecule has 96 valence electrons. The summed E-state index contributed by atoms with van der Waals surface area (Å²) >= 11 is 1.69. The van der Waals surface area contributed by atoms with Gasteiger partial charge < -0.3 is 9.67 Å². The fraction of sp³-hybridized carbons (Fsp3) is 0.133. The molecule has 0 fully saturated rings. The number of carbonyl (C=O) groups is 1. The highest BCUT2D eigenvalue weighted by molar-refractivity contribution is 7.07. The van der Waals surface area contributed by atoms with Crippen LogP contribution < -0.4 is 0 Å². The first-order valence-corrected chi connectivity index (χ1v) is 7.02. The number of hydrogen-bond donors (Lipinski definition) is 1. The number of aromatic carboxylic acids is 1.